The fraction of sp³-hybridized carbons (Fsp3) is 0.500. The first-order chi connectivity index (χ1) is 11.3. The SMILES string of the molecule is O=C(NC1CCOC2(CCC2)C1)c1ccccc1-n1cnnn1. The molecule has 1 N–H and O–H groups in total. The second kappa shape index (κ2) is 5.73. The molecular formula is C16H19N5O2. The summed E-state index contributed by atoms with van der Waals surface area (Å²) in [5, 5.41) is 14.3. The molecule has 1 atom stereocenters. The summed E-state index contributed by atoms with van der Waals surface area (Å²) >= 11 is 0. The Morgan fingerprint density at radius 3 is 2.96 bits per heavy atom. The molecule has 1 aliphatic heterocycles. The maximum absolute atomic E-state index is 12.7. The highest BCUT2D eigenvalue weighted by Gasteiger charge is 2.42. The first-order valence-corrected chi connectivity index (χ1v) is 8.03. The van der Waals surface area contributed by atoms with Gasteiger partial charge in [-0.3, -0.25) is 4.79 Å². The van der Waals surface area contributed by atoms with Crippen LogP contribution in [0.2, 0.25) is 0 Å². The van der Waals surface area contributed by atoms with Crippen molar-refractivity contribution in [2.24, 2.45) is 0 Å². The summed E-state index contributed by atoms with van der Waals surface area (Å²) in [4.78, 5) is 12.7. The Hall–Kier alpha value is -2.28. The smallest absolute Gasteiger partial charge is 0.253 e. The summed E-state index contributed by atoms with van der Waals surface area (Å²) in [6.45, 7) is 0.722. The molecule has 0 radical (unpaired) electrons. The highest BCUT2D eigenvalue weighted by atomic mass is 16.5. The minimum atomic E-state index is -0.0857. The van der Waals surface area contributed by atoms with E-state index in [4.69, 9.17) is 4.74 Å². The fourth-order valence-electron chi connectivity index (χ4n) is 3.47. The molecule has 1 amide bonds. The van der Waals surface area contributed by atoms with Crippen LogP contribution in [0.15, 0.2) is 30.6 Å². The van der Waals surface area contributed by atoms with Gasteiger partial charge in [0.15, 0.2) is 0 Å². The van der Waals surface area contributed by atoms with Crippen molar-refractivity contribution in [1.82, 2.24) is 25.5 Å². The maximum Gasteiger partial charge on any atom is 0.253 e. The summed E-state index contributed by atoms with van der Waals surface area (Å²) in [5.41, 5.74) is 1.28. The third-order valence-corrected chi connectivity index (χ3v) is 4.84. The molecule has 2 fully saturated rings. The Kier molecular flexibility index (Phi) is 3.57. The van der Waals surface area contributed by atoms with Crippen LogP contribution < -0.4 is 5.32 Å². The zero-order chi connectivity index (χ0) is 15.7. The number of amides is 1. The number of carbonyl (C=O) groups is 1. The standard InChI is InChI=1S/C16H19N5O2/c22-15(18-12-6-9-23-16(10-12)7-3-8-16)13-4-1-2-5-14(13)21-11-17-19-20-21/h1-2,4-5,11-12H,3,6-10H2,(H,18,22). The quantitative estimate of drug-likeness (QED) is 0.928. The number of para-hydroxylation sites is 1. The van der Waals surface area contributed by atoms with E-state index in [-0.39, 0.29) is 17.6 Å². The molecule has 2 aromatic rings. The zero-order valence-electron chi connectivity index (χ0n) is 12.8. The van der Waals surface area contributed by atoms with Gasteiger partial charge in [-0.05, 0) is 54.7 Å². The molecule has 1 saturated heterocycles. The Morgan fingerprint density at radius 2 is 2.22 bits per heavy atom. The second-order valence-corrected chi connectivity index (χ2v) is 6.32. The molecule has 1 saturated carbocycles. The van der Waals surface area contributed by atoms with Gasteiger partial charge in [0, 0.05) is 12.6 Å². The van der Waals surface area contributed by atoms with Crippen LogP contribution in [0.1, 0.15) is 42.5 Å². The highest BCUT2D eigenvalue weighted by molar-refractivity contribution is 5.97. The van der Waals surface area contributed by atoms with Crippen LogP contribution in [0.5, 0.6) is 0 Å². The molecule has 7 nitrogen and oxygen atoms in total. The van der Waals surface area contributed by atoms with E-state index in [0.717, 1.165) is 32.3 Å². The molecule has 1 aromatic carbocycles. The summed E-state index contributed by atoms with van der Waals surface area (Å²) < 4.78 is 7.43. The van der Waals surface area contributed by atoms with E-state index in [9.17, 15) is 4.79 Å². The summed E-state index contributed by atoms with van der Waals surface area (Å²) in [7, 11) is 0. The number of nitrogens with one attached hydrogen (secondary N) is 1. The van der Waals surface area contributed by atoms with Gasteiger partial charge in [0.05, 0.1) is 16.9 Å². The van der Waals surface area contributed by atoms with Crippen LogP contribution in [0.4, 0.5) is 0 Å². The number of ether oxygens (including phenoxy) is 1. The number of benzene rings is 1. The third kappa shape index (κ3) is 2.72. The summed E-state index contributed by atoms with van der Waals surface area (Å²) in [5.74, 6) is -0.0857. The van der Waals surface area contributed by atoms with E-state index < -0.39 is 0 Å². The van der Waals surface area contributed by atoms with Gasteiger partial charge in [0.2, 0.25) is 0 Å². The van der Waals surface area contributed by atoms with Crippen molar-refractivity contribution < 1.29 is 9.53 Å². The normalized spacial score (nSPS) is 22.5. The van der Waals surface area contributed by atoms with Gasteiger partial charge in [-0.25, -0.2) is 0 Å². The molecule has 4 rings (SSSR count). The Bertz CT molecular complexity index is 696. The number of nitrogens with zero attached hydrogens (tertiary/aromatic N) is 4. The lowest BCUT2D eigenvalue weighted by Gasteiger charge is -2.47. The van der Waals surface area contributed by atoms with Crippen LogP contribution in [0, 0.1) is 0 Å². The van der Waals surface area contributed by atoms with Crippen LogP contribution in [0.25, 0.3) is 5.69 Å². The van der Waals surface area contributed by atoms with Gasteiger partial charge in [-0.1, -0.05) is 12.1 Å². The van der Waals surface area contributed by atoms with E-state index in [1.54, 1.807) is 6.07 Å². The lowest BCUT2D eigenvalue weighted by atomic mass is 9.74. The Morgan fingerprint density at radius 1 is 1.35 bits per heavy atom. The minimum absolute atomic E-state index is 0.0194. The first-order valence-electron chi connectivity index (χ1n) is 8.03. The summed E-state index contributed by atoms with van der Waals surface area (Å²) in [6, 6.07) is 7.51. The van der Waals surface area contributed by atoms with Gasteiger partial charge in [-0.2, -0.15) is 4.68 Å². The number of rotatable bonds is 3. The van der Waals surface area contributed by atoms with Crippen molar-refractivity contribution in [3.8, 4) is 5.69 Å². The lowest BCUT2D eigenvalue weighted by Crippen LogP contribution is -2.52. The van der Waals surface area contributed by atoms with E-state index in [2.05, 4.69) is 20.8 Å². The van der Waals surface area contributed by atoms with Gasteiger partial charge < -0.3 is 10.1 Å². The Labute approximate surface area is 134 Å². The van der Waals surface area contributed by atoms with Crippen molar-refractivity contribution in [2.75, 3.05) is 6.61 Å². The van der Waals surface area contributed by atoms with E-state index in [1.807, 2.05) is 18.2 Å². The van der Waals surface area contributed by atoms with E-state index in [1.165, 1.54) is 17.4 Å². The first kappa shape index (κ1) is 14.3. The zero-order valence-corrected chi connectivity index (χ0v) is 12.8. The largest absolute Gasteiger partial charge is 0.375 e. The Balaban J connectivity index is 1.51. The molecule has 1 spiro atoms. The number of hydrogen-bond donors (Lipinski definition) is 1. The van der Waals surface area contributed by atoms with Crippen molar-refractivity contribution in [3.63, 3.8) is 0 Å². The molecule has 1 aliphatic carbocycles. The van der Waals surface area contributed by atoms with Gasteiger partial charge in [0.1, 0.15) is 6.33 Å². The van der Waals surface area contributed by atoms with Crippen LogP contribution >= 0.6 is 0 Å². The van der Waals surface area contributed by atoms with Crippen molar-refractivity contribution in [3.05, 3.63) is 36.2 Å². The predicted octanol–water partition coefficient (Wildman–Crippen LogP) is 1.49. The number of hydrogen-bond acceptors (Lipinski definition) is 5. The molecule has 7 heteroatoms. The highest BCUT2D eigenvalue weighted by Crippen LogP contribution is 2.42. The van der Waals surface area contributed by atoms with Gasteiger partial charge in [0.25, 0.3) is 5.91 Å². The van der Waals surface area contributed by atoms with Crippen LogP contribution in [0.3, 0.4) is 0 Å². The van der Waals surface area contributed by atoms with Crippen molar-refractivity contribution in [2.45, 2.75) is 43.7 Å². The molecule has 1 unspecified atom stereocenters. The molecule has 23 heavy (non-hydrogen) atoms. The predicted molar refractivity (Wildman–Crippen MR) is 82.2 cm³/mol. The van der Waals surface area contributed by atoms with Crippen LogP contribution in [-0.4, -0.2) is 44.4 Å². The van der Waals surface area contributed by atoms with E-state index in [0.29, 0.717) is 11.3 Å². The molecule has 120 valence electrons. The van der Waals surface area contributed by atoms with Gasteiger partial charge in [-0.15, -0.1) is 5.10 Å². The third-order valence-electron chi connectivity index (χ3n) is 4.84. The van der Waals surface area contributed by atoms with Gasteiger partial charge >= 0.3 is 0 Å². The molecule has 2 heterocycles. The van der Waals surface area contributed by atoms with E-state index >= 15 is 0 Å². The lowest BCUT2D eigenvalue weighted by molar-refractivity contribution is -0.134. The van der Waals surface area contributed by atoms with Crippen molar-refractivity contribution in [1.29, 1.82) is 0 Å². The number of carbonyl (C=O) groups excluding carboxylic acids is 1. The van der Waals surface area contributed by atoms with Crippen molar-refractivity contribution >= 4 is 5.91 Å². The molecule has 1 aromatic heterocycles. The molecule has 2 aliphatic rings. The summed E-state index contributed by atoms with van der Waals surface area (Å²) in [6.07, 6.45) is 6.71. The average Bonchev–Trinajstić information content (AvgIpc) is 3.08. The fourth-order valence-corrected chi connectivity index (χ4v) is 3.47. The molecular weight excluding hydrogens is 294 g/mol. The maximum atomic E-state index is 12.7. The monoisotopic (exact) mass is 313 g/mol. The van der Waals surface area contributed by atoms with Crippen LogP contribution in [-0.2, 0) is 4.74 Å². The number of aromatic nitrogens is 4. The number of tetrazole rings is 1. The second-order valence-electron chi connectivity index (χ2n) is 6.32. The average molecular weight is 313 g/mol. The molecule has 0 bridgehead atoms. The minimum Gasteiger partial charge on any atom is -0.375 e. The topological polar surface area (TPSA) is 81.9 Å².